The molecule has 7 nitrogen and oxygen atoms in total. The van der Waals surface area contributed by atoms with E-state index in [1.807, 2.05) is 0 Å². The molecule has 0 fully saturated rings. The lowest BCUT2D eigenvalue weighted by Crippen LogP contribution is -2.30. The van der Waals surface area contributed by atoms with Crippen LogP contribution in [0.15, 0.2) is 12.1 Å². The van der Waals surface area contributed by atoms with Crippen LogP contribution >= 0.6 is 0 Å². The van der Waals surface area contributed by atoms with Crippen molar-refractivity contribution in [3.63, 3.8) is 0 Å². The quantitative estimate of drug-likeness (QED) is 0.650. The van der Waals surface area contributed by atoms with E-state index in [0.717, 1.165) is 0 Å². The van der Waals surface area contributed by atoms with Crippen LogP contribution < -0.4 is 5.32 Å². The van der Waals surface area contributed by atoms with E-state index in [-0.39, 0.29) is 18.9 Å². The van der Waals surface area contributed by atoms with Gasteiger partial charge in [0.05, 0.1) is 16.6 Å². The molecule has 21 heavy (non-hydrogen) atoms. The first kappa shape index (κ1) is 16.5. The molecular formula is C12H13F2N3O4. The second-order valence-electron chi connectivity index (χ2n) is 4.34. The van der Waals surface area contributed by atoms with E-state index in [1.165, 1.54) is 19.0 Å². The molecule has 0 spiro atoms. The minimum atomic E-state index is -1.42. The third-order valence-corrected chi connectivity index (χ3v) is 2.58. The summed E-state index contributed by atoms with van der Waals surface area (Å²) in [7, 11) is 3.06. The van der Waals surface area contributed by atoms with Crippen molar-refractivity contribution in [2.24, 2.45) is 0 Å². The standard InChI is InChI=1S/C12H13F2N3O4/c1-16(2)10(18)3-4-15-12(19)8-5-7(13)6-9(11(8)14)17(20)21/h5-6H,3-4H2,1-2H3,(H,15,19). The van der Waals surface area contributed by atoms with Gasteiger partial charge in [-0.15, -0.1) is 0 Å². The smallest absolute Gasteiger partial charge is 0.308 e. The maximum atomic E-state index is 13.7. The summed E-state index contributed by atoms with van der Waals surface area (Å²) in [6.45, 7) is -0.0976. The van der Waals surface area contributed by atoms with Gasteiger partial charge in [0.2, 0.25) is 11.7 Å². The molecule has 0 saturated carbocycles. The summed E-state index contributed by atoms with van der Waals surface area (Å²) in [5.74, 6) is -3.81. The molecule has 9 heteroatoms. The lowest BCUT2D eigenvalue weighted by Gasteiger charge is -2.10. The molecule has 0 aliphatic heterocycles. The van der Waals surface area contributed by atoms with Gasteiger partial charge in [0.1, 0.15) is 5.82 Å². The van der Waals surface area contributed by atoms with Crippen LogP contribution in [-0.2, 0) is 4.79 Å². The highest BCUT2D eigenvalue weighted by Gasteiger charge is 2.24. The molecule has 2 amide bonds. The van der Waals surface area contributed by atoms with Crippen molar-refractivity contribution in [1.29, 1.82) is 0 Å². The number of hydrogen-bond donors (Lipinski definition) is 1. The fraction of sp³-hybridized carbons (Fsp3) is 0.333. The van der Waals surface area contributed by atoms with E-state index in [4.69, 9.17) is 0 Å². The van der Waals surface area contributed by atoms with Gasteiger partial charge in [-0.3, -0.25) is 19.7 Å². The number of nitrogens with zero attached hydrogens (tertiary/aromatic N) is 2. The van der Waals surface area contributed by atoms with E-state index in [9.17, 15) is 28.5 Å². The Balaban J connectivity index is 2.84. The number of rotatable bonds is 5. The van der Waals surface area contributed by atoms with E-state index in [1.54, 1.807) is 0 Å². The maximum Gasteiger partial charge on any atom is 0.308 e. The molecule has 1 aromatic carbocycles. The van der Waals surface area contributed by atoms with Gasteiger partial charge in [-0.25, -0.2) is 4.39 Å². The average Bonchev–Trinajstić information content (AvgIpc) is 2.40. The number of benzene rings is 1. The zero-order chi connectivity index (χ0) is 16.2. The highest BCUT2D eigenvalue weighted by molar-refractivity contribution is 5.95. The predicted octanol–water partition coefficient (Wildman–Crippen LogP) is 1.08. The van der Waals surface area contributed by atoms with Gasteiger partial charge in [-0.2, -0.15) is 4.39 Å². The summed E-state index contributed by atoms with van der Waals surface area (Å²) in [6, 6.07) is 0.952. The fourth-order valence-electron chi connectivity index (χ4n) is 1.47. The zero-order valence-corrected chi connectivity index (χ0v) is 11.4. The van der Waals surface area contributed by atoms with Crippen molar-refractivity contribution in [3.8, 4) is 0 Å². The van der Waals surface area contributed by atoms with Crippen LogP contribution in [-0.4, -0.2) is 42.3 Å². The normalized spacial score (nSPS) is 10.1. The lowest BCUT2D eigenvalue weighted by molar-refractivity contribution is -0.387. The van der Waals surface area contributed by atoms with E-state index in [2.05, 4.69) is 5.32 Å². The molecule has 114 valence electrons. The first-order valence-corrected chi connectivity index (χ1v) is 5.85. The van der Waals surface area contributed by atoms with Crippen molar-refractivity contribution < 1.29 is 23.3 Å². The number of carbonyl (C=O) groups is 2. The summed E-state index contributed by atoms with van der Waals surface area (Å²) < 4.78 is 26.9. The molecule has 0 heterocycles. The monoisotopic (exact) mass is 301 g/mol. The Morgan fingerprint density at radius 1 is 1.33 bits per heavy atom. The predicted molar refractivity (Wildman–Crippen MR) is 68.7 cm³/mol. The Hall–Kier alpha value is -2.58. The van der Waals surface area contributed by atoms with Gasteiger partial charge < -0.3 is 10.2 Å². The third kappa shape index (κ3) is 4.20. The van der Waals surface area contributed by atoms with Crippen LogP contribution in [0.1, 0.15) is 16.8 Å². The first-order chi connectivity index (χ1) is 9.73. The van der Waals surface area contributed by atoms with Crippen LogP contribution in [0, 0.1) is 21.7 Å². The topological polar surface area (TPSA) is 92.6 Å². The van der Waals surface area contributed by atoms with Crippen molar-refractivity contribution in [1.82, 2.24) is 10.2 Å². The van der Waals surface area contributed by atoms with Crippen LogP contribution in [0.2, 0.25) is 0 Å². The molecular weight excluding hydrogens is 288 g/mol. The van der Waals surface area contributed by atoms with Crippen LogP contribution in [0.4, 0.5) is 14.5 Å². The third-order valence-electron chi connectivity index (χ3n) is 2.58. The molecule has 0 radical (unpaired) electrons. The minimum Gasteiger partial charge on any atom is -0.351 e. The Labute approximate surface area is 118 Å². The second kappa shape index (κ2) is 6.73. The fourth-order valence-corrected chi connectivity index (χ4v) is 1.47. The van der Waals surface area contributed by atoms with E-state index < -0.39 is 33.7 Å². The van der Waals surface area contributed by atoms with Gasteiger partial charge in [0.25, 0.3) is 5.91 Å². The van der Waals surface area contributed by atoms with E-state index in [0.29, 0.717) is 12.1 Å². The van der Waals surface area contributed by atoms with E-state index >= 15 is 0 Å². The molecule has 1 N–H and O–H groups in total. The summed E-state index contributed by atoms with van der Waals surface area (Å²) in [4.78, 5) is 33.7. The highest BCUT2D eigenvalue weighted by atomic mass is 19.1. The molecule has 0 bridgehead atoms. The number of amides is 2. The highest BCUT2D eigenvalue weighted by Crippen LogP contribution is 2.22. The van der Waals surface area contributed by atoms with Gasteiger partial charge >= 0.3 is 5.69 Å². The number of nitro benzene ring substituents is 1. The van der Waals surface area contributed by atoms with Crippen LogP contribution in [0.3, 0.4) is 0 Å². The molecule has 0 aliphatic carbocycles. The molecule has 0 unspecified atom stereocenters. The molecule has 0 aliphatic rings. The largest absolute Gasteiger partial charge is 0.351 e. The maximum absolute atomic E-state index is 13.7. The molecule has 1 rings (SSSR count). The molecule has 0 saturated heterocycles. The molecule has 0 aromatic heterocycles. The molecule has 0 atom stereocenters. The Kier molecular flexibility index (Phi) is 5.28. The Bertz CT molecular complexity index is 590. The van der Waals surface area contributed by atoms with Crippen LogP contribution in [0.25, 0.3) is 0 Å². The second-order valence-corrected chi connectivity index (χ2v) is 4.34. The average molecular weight is 301 g/mol. The molecule has 1 aromatic rings. The van der Waals surface area contributed by atoms with Crippen molar-refractivity contribution in [3.05, 3.63) is 39.4 Å². The summed E-state index contributed by atoms with van der Waals surface area (Å²) in [5, 5.41) is 12.7. The Morgan fingerprint density at radius 3 is 2.48 bits per heavy atom. The van der Waals surface area contributed by atoms with Gasteiger partial charge in [0.15, 0.2) is 0 Å². The van der Waals surface area contributed by atoms with Gasteiger partial charge in [-0.05, 0) is 6.07 Å². The van der Waals surface area contributed by atoms with Crippen molar-refractivity contribution in [2.75, 3.05) is 20.6 Å². The lowest BCUT2D eigenvalue weighted by atomic mass is 10.1. The zero-order valence-electron chi connectivity index (χ0n) is 11.4. The number of nitro groups is 1. The number of nitrogens with one attached hydrogen (secondary N) is 1. The summed E-state index contributed by atoms with van der Waals surface area (Å²) >= 11 is 0. The first-order valence-electron chi connectivity index (χ1n) is 5.85. The van der Waals surface area contributed by atoms with Crippen molar-refractivity contribution in [2.45, 2.75) is 6.42 Å². The van der Waals surface area contributed by atoms with Crippen molar-refractivity contribution >= 4 is 17.5 Å². The Morgan fingerprint density at radius 2 is 1.95 bits per heavy atom. The summed E-state index contributed by atoms with van der Waals surface area (Å²) in [5.41, 5.74) is -1.90. The van der Waals surface area contributed by atoms with Crippen LogP contribution in [0.5, 0.6) is 0 Å². The number of hydrogen-bond acceptors (Lipinski definition) is 4. The summed E-state index contributed by atoms with van der Waals surface area (Å²) in [6.07, 6.45) is -0.0300. The number of carbonyl (C=O) groups excluding carboxylic acids is 2. The minimum absolute atomic E-state index is 0.0300. The van der Waals surface area contributed by atoms with Gasteiger partial charge in [-0.1, -0.05) is 0 Å². The number of halogens is 2. The van der Waals surface area contributed by atoms with Gasteiger partial charge in [0, 0.05) is 27.1 Å². The SMILES string of the molecule is CN(C)C(=O)CCNC(=O)c1cc(F)cc([N+](=O)[O-])c1F.